The number of nitrogens with one attached hydrogen (secondary N) is 2. The zero-order valence-corrected chi connectivity index (χ0v) is 17.5. The molecule has 0 radical (unpaired) electrons. The first-order valence-corrected chi connectivity index (χ1v) is 8.07. The van der Waals surface area contributed by atoms with Crippen molar-refractivity contribution in [2.24, 2.45) is 10.4 Å². The van der Waals surface area contributed by atoms with Crippen molar-refractivity contribution in [3.8, 4) is 0 Å². The molecule has 128 valence electrons. The molecule has 0 spiro atoms. The van der Waals surface area contributed by atoms with Gasteiger partial charge < -0.3 is 15.4 Å². The molecule has 0 amide bonds. The predicted octanol–water partition coefficient (Wildman–Crippen LogP) is 2.84. The van der Waals surface area contributed by atoms with Crippen molar-refractivity contribution in [1.29, 1.82) is 0 Å². The van der Waals surface area contributed by atoms with Gasteiger partial charge in [-0.25, -0.2) is 4.98 Å². The molecule has 7 heteroatoms. The van der Waals surface area contributed by atoms with Crippen LogP contribution in [0.1, 0.15) is 30.7 Å². The number of guanidine groups is 1. The fourth-order valence-electron chi connectivity index (χ4n) is 1.96. The molecule has 1 unspecified atom stereocenters. The number of hydrogen-bond donors (Lipinski definition) is 2. The van der Waals surface area contributed by atoms with Crippen LogP contribution in [0.3, 0.4) is 0 Å². The number of nitrogens with zero attached hydrogens (tertiary/aromatic N) is 2. The van der Waals surface area contributed by atoms with E-state index >= 15 is 0 Å². The number of hydrogen-bond acceptors (Lipinski definition) is 4. The Morgan fingerprint density at radius 2 is 2.09 bits per heavy atom. The smallest absolute Gasteiger partial charge is 0.191 e. The highest BCUT2D eigenvalue weighted by atomic mass is 127. The number of aliphatic imine (C=N–C) groups is 1. The van der Waals surface area contributed by atoms with Crippen LogP contribution in [0.5, 0.6) is 0 Å². The number of halogens is 1. The molecule has 2 N–H and O–H groups in total. The zero-order chi connectivity index (χ0) is 15.9. The van der Waals surface area contributed by atoms with Gasteiger partial charge in [-0.1, -0.05) is 20.8 Å². The number of thiazole rings is 1. The molecule has 0 aromatic carbocycles. The van der Waals surface area contributed by atoms with E-state index in [0.717, 1.165) is 30.5 Å². The summed E-state index contributed by atoms with van der Waals surface area (Å²) in [5.74, 6) is 0.801. The van der Waals surface area contributed by atoms with E-state index in [-0.39, 0.29) is 35.5 Å². The zero-order valence-electron chi connectivity index (χ0n) is 14.4. The van der Waals surface area contributed by atoms with E-state index in [0.29, 0.717) is 0 Å². The first kappa shape index (κ1) is 21.6. The molecule has 22 heavy (non-hydrogen) atoms. The maximum Gasteiger partial charge on any atom is 0.191 e. The topological polar surface area (TPSA) is 58.5 Å². The molecular weight excluding hydrogens is 411 g/mol. The molecule has 1 rings (SSSR count). The van der Waals surface area contributed by atoms with Crippen LogP contribution in [-0.4, -0.2) is 44.3 Å². The third-order valence-corrected chi connectivity index (χ3v) is 4.20. The standard InChI is InChI=1S/C15H28N4OS.HI/c1-11-9-18-13(21-11)7-8-17-14(16-5)19-10-12(20-6)15(2,3)4;/h9,12H,7-8,10H2,1-6H3,(H2,16,17,19);1H. The van der Waals surface area contributed by atoms with E-state index in [2.05, 4.69) is 48.3 Å². The van der Waals surface area contributed by atoms with Crippen molar-refractivity contribution < 1.29 is 4.74 Å². The van der Waals surface area contributed by atoms with E-state index in [1.54, 1.807) is 25.5 Å². The second-order valence-electron chi connectivity index (χ2n) is 6.08. The second kappa shape index (κ2) is 10.4. The van der Waals surface area contributed by atoms with Crippen LogP contribution in [0, 0.1) is 12.3 Å². The summed E-state index contributed by atoms with van der Waals surface area (Å²) >= 11 is 1.74. The highest BCUT2D eigenvalue weighted by molar-refractivity contribution is 14.0. The highest BCUT2D eigenvalue weighted by Crippen LogP contribution is 2.20. The molecule has 0 saturated carbocycles. The molecule has 0 aliphatic carbocycles. The van der Waals surface area contributed by atoms with Gasteiger partial charge in [0.2, 0.25) is 0 Å². The third kappa shape index (κ3) is 7.73. The summed E-state index contributed by atoms with van der Waals surface area (Å²) in [5, 5.41) is 7.78. The number of ether oxygens (including phenoxy) is 1. The Kier molecular flexibility index (Phi) is 10.2. The minimum Gasteiger partial charge on any atom is -0.379 e. The number of aromatic nitrogens is 1. The summed E-state index contributed by atoms with van der Waals surface area (Å²) in [4.78, 5) is 9.84. The average molecular weight is 440 g/mol. The van der Waals surface area contributed by atoms with Gasteiger partial charge in [0.05, 0.1) is 11.1 Å². The summed E-state index contributed by atoms with van der Waals surface area (Å²) in [6, 6.07) is 0. The fraction of sp³-hybridized carbons (Fsp3) is 0.733. The van der Waals surface area contributed by atoms with Crippen LogP contribution < -0.4 is 10.6 Å². The van der Waals surface area contributed by atoms with E-state index in [1.165, 1.54) is 4.88 Å². The maximum atomic E-state index is 5.53. The largest absolute Gasteiger partial charge is 0.379 e. The van der Waals surface area contributed by atoms with Crippen molar-refractivity contribution in [3.63, 3.8) is 0 Å². The summed E-state index contributed by atoms with van der Waals surface area (Å²) in [6.45, 7) is 10.1. The fourth-order valence-corrected chi connectivity index (χ4v) is 2.74. The van der Waals surface area contributed by atoms with Crippen molar-refractivity contribution in [3.05, 3.63) is 16.1 Å². The summed E-state index contributed by atoms with van der Waals surface area (Å²) in [7, 11) is 3.53. The summed E-state index contributed by atoms with van der Waals surface area (Å²) < 4.78 is 5.53. The molecule has 5 nitrogen and oxygen atoms in total. The van der Waals surface area contributed by atoms with E-state index < -0.39 is 0 Å². The predicted molar refractivity (Wildman–Crippen MR) is 106 cm³/mol. The first-order chi connectivity index (χ1) is 9.86. The number of rotatable bonds is 6. The summed E-state index contributed by atoms with van der Waals surface area (Å²) in [6.07, 6.45) is 2.96. The quantitative estimate of drug-likeness (QED) is 0.406. The van der Waals surface area contributed by atoms with Crippen molar-refractivity contribution in [2.45, 2.75) is 40.2 Å². The molecule has 0 aliphatic heterocycles. The lowest BCUT2D eigenvalue weighted by molar-refractivity contribution is 0.0205. The van der Waals surface area contributed by atoms with Crippen LogP contribution in [0.15, 0.2) is 11.2 Å². The molecule has 0 aliphatic rings. The van der Waals surface area contributed by atoms with E-state index in [1.807, 2.05) is 6.20 Å². The van der Waals surface area contributed by atoms with Gasteiger partial charge in [0.25, 0.3) is 0 Å². The molecular formula is C15H29IN4OS. The van der Waals surface area contributed by atoms with Gasteiger partial charge in [-0.2, -0.15) is 0 Å². The second-order valence-corrected chi connectivity index (χ2v) is 7.40. The lowest BCUT2D eigenvalue weighted by Crippen LogP contribution is -2.45. The van der Waals surface area contributed by atoms with E-state index in [4.69, 9.17) is 4.74 Å². The van der Waals surface area contributed by atoms with Crippen LogP contribution >= 0.6 is 35.3 Å². The maximum absolute atomic E-state index is 5.53. The van der Waals surface area contributed by atoms with Crippen LogP contribution in [0.2, 0.25) is 0 Å². The molecule has 1 atom stereocenters. The summed E-state index contributed by atoms with van der Waals surface area (Å²) in [5.41, 5.74) is 0.0962. The Morgan fingerprint density at radius 3 is 2.55 bits per heavy atom. The highest BCUT2D eigenvalue weighted by Gasteiger charge is 2.24. The Bertz CT molecular complexity index is 457. The number of methoxy groups -OCH3 is 1. The van der Waals surface area contributed by atoms with Gasteiger partial charge in [0, 0.05) is 44.7 Å². The van der Waals surface area contributed by atoms with Gasteiger partial charge >= 0.3 is 0 Å². The molecule has 0 saturated heterocycles. The Hall–Kier alpha value is -0.410. The van der Waals surface area contributed by atoms with Gasteiger partial charge in [-0.05, 0) is 12.3 Å². The molecule has 1 heterocycles. The van der Waals surface area contributed by atoms with Crippen molar-refractivity contribution in [1.82, 2.24) is 15.6 Å². The molecule has 0 bridgehead atoms. The van der Waals surface area contributed by atoms with E-state index in [9.17, 15) is 0 Å². The normalized spacial score (nSPS) is 13.5. The minimum absolute atomic E-state index is 0. The van der Waals surface area contributed by atoms with Crippen LogP contribution in [0.4, 0.5) is 0 Å². The van der Waals surface area contributed by atoms with Gasteiger partial charge in [0.15, 0.2) is 5.96 Å². The van der Waals surface area contributed by atoms with Crippen LogP contribution in [-0.2, 0) is 11.2 Å². The lowest BCUT2D eigenvalue weighted by Gasteiger charge is -2.30. The van der Waals surface area contributed by atoms with Crippen molar-refractivity contribution >= 4 is 41.3 Å². The Labute approximate surface area is 155 Å². The SMILES string of the molecule is CN=C(NCCc1ncc(C)s1)NCC(OC)C(C)(C)C.I. The Morgan fingerprint density at radius 1 is 1.41 bits per heavy atom. The average Bonchev–Trinajstić information content (AvgIpc) is 2.81. The van der Waals surface area contributed by atoms with Gasteiger partial charge in [-0.3, -0.25) is 4.99 Å². The van der Waals surface area contributed by atoms with Gasteiger partial charge in [-0.15, -0.1) is 35.3 Å². The number of aryl methyl sites for hydroxylation is 1. The van der Waals surface area contributed by atoms with Crippen LogP contribution in [0.25, 0.3) is 0 Å². The molecule has 0 fully saturated rings. The molecule has 1 aromatic heterocycles. The first-order valence-electron chi connectivity index (χ1n) is 7.25. The lowest BCUT2D eigenvalue weighted by atomic mass is 9.89. The Balaban J connectivity index is 0.00000441. The van der Waals surface area contributed by atoms with Crippen molar-refractivity contribution in [2.75, 3.05) is 27.2 Å². The minimum atomic E-state index is 0. The van der Waals surface area contributed by atoms with Gasteiger partial charge in [0.1, 0.15) is 0 Å². The monoisotopic (exact) mass is 440 g/mol. The third-order valence-electron chi connectivity index (χ3n) is 3.23. The molecule has 1 aromatic rings.